The Labute approximate surface area is 106 Å². The lowest BCUT2D eigenvalue weighted by Crippen LogP contribution is -2.42. The maximum absolute atomic E-state index is 4.77. The zero-order valence-electron chi connectivity index (χ0n) is 10.4. The summed E-state index contributed by atoms with van der Waals surface area (Å²) >= 11 is 1.82. The number of nitrogens with zero attached hydrogens (tertiary/aromatic N) is 2. The summed E-state index contributed by atoms with van der Waals surface area (Å²) in [6.07, 6.45) is 2.64. The lowest BCUT2D eigenvalue weighted by atomic mass is 9.93. The molecule has 1 aliphatic heterocycles. The highest BCUT2D eigenvalue weighted by atomic mass is 32.1. The van der Waals surface area contributed by atoms with Crippen molar-refractivity contribution in [2.24, 2.45) is 5.92 Å². The molecule has 0 unspecified atom stereocenters. The van der Waals surface area contributed by atoms with Crippen molar-refractivity contribution in [3.8, 4) is 0 Å². The summed E-state index contributed by atoms with van der Waals surface area (Å²) in [6.45, 7) is 5.84. The SMILES string of the molecule is C[C@H]1CCCN(c2nc3ccccc3s2)[C@H]1C. The van der Waals surface area contributed by atoms with E-state index in [2.05, 4.69) is 43.0 Å². The van der Waals surface area contributed by atoms with Gasteiger partial charge in [0.1, 0.15) is 0 Å². The van der Waals surface area contributed by atoms with E-state index in [4.69, 9.17) is 4.98 Å². The molecule has 17 heavy (non-hydrogen) atoms. The fourth-order valence-electron chi connectivity index (χ4n) is 2.59. The summed E-state index contributed by atoms with van der Waals surface area (Å²) in [6, 6.07) is 9.03. The fraction of sp³-hybridized carbons (Fsp3) is 0.500. The van der Waals surface area contributed by atoms with Crippen LogP contribution < -0.4 is 4.90 Å². The average molecular weight is 246 g/mol. The van der Waals surface area contributed by atoms with Crippen molar-refractivity contribution in [3.63, 3.8) is 0 Å². The Bertz CT molecular complexity index is 487. The highest BCUT2D eigenvalue weighted by Crippen LogP contribution is 2.34. The Morgan fingerprint density at radius 2 is 2.12 bits per heavy atom. The number of rotatable bonds is 1. The number of benzene rings is 1. The topological polar surface area (TPSA) is 16.1 Å². The second-order valence-corrected chi connectivity index (χ2v) is 6.03. The van der Waals surface area contributed by atoms with Crippen molar-refractivity contribution in [1.82, 2.24) is 4.98 Å². The number of aromatic nitrogens is 1. The molecule has 3 heteroatoms. The van der Waals surface area contributed by atoms with Gasteiger partial charge in [0.15, 0.2) is 5.13 Å². The number of anilines is 1. The van der Waals surface area contributed by atoms with E-state index in [0.29, 0.717) is 6.04 Å². The number of hydrogen-bond donors (Lipinski definition) is 0. The van der Waals surface area contributed by atoms with Gasteiger partial charge in [-0.2, -0.15) is 0 Å². The summed E-state index contributed by atoms with van der Waals surface area (Å²) in [5.41, 5.74) is 1.14. The molecule has 2 nitrogen and oxygen atoms in total. The van der Waals surface area contributed by atoms with Gasteiger partial charge >= 0.3 is 0 Å². The molecular formula is C14H18N2S. The zero-order chi connectivity index (χ0) is 11.8. The van der Waals surface area contributed by atoms with Gasteiger partial charge in [-0.3, -0.25) is 0 Å². The second-order valence-electron chi connectivity index (χ2n) is 5.02. The number of thiazole rings is 1. The highest BCUT2D eigenvalue weighted by Gasteiger charge is 2.26. The van der Waals surface area contributed by atoms with Gasteiger partial charge in [-0.1, -0.05) is 30.4 Å². The van der Waals surface area contributed by atoms with Crippen LogP contribution in [0.15, 0.2) is 24.3 Å². The molecule has 0 amide bonds. The van der Waals surface area contributed by atoms with E-state index in [1.165, 1.54) is 22.7 Å². The van der Waals surface area contributed by atoms with Crippen LogP contribution in [0.3, 0.4) is 0 Å². The van der Waals surface area contributed by atoms with Crippen molar-refractivity contribution in [1.29, 1.82) is 0 Å². The fourth-order valence-corrected chi connectivity index (χ4v) is 3.67. The molecule has 0 spiro atoms. The van der Waals surface area contributed by atoms with Crippen molar-refractivity contribution >= 4 is 26.7 Å². The van der Waals surface area contributed by atoms with Crippen molar-refractivity contribution in [2.75, 3.05) is 11.4 Å². The van der Waals surface area contributed by atoms with Crippen molar-refractivity contribution in [3.05, 3.63) is 24.3 Å². The predicted octanol–water partition coefficient (Wildman–Crippen LogP) is 3.92. The average Bonchev–Trinajstić information content (AvgIpc) is 2.76. The molecule has 2 atom stereocenters. The molecule has 2 aromatic rings. The Hall–Kier alpha value is -1.09. The largest absolute Gasteiger partial charge is 0.345 e. The van der Waals surface area contributed by atoms with Crippen LogP contribution in [0.4, 0.5) is 5.13 Å². The summed E-state index contributed by atoms with van der Waals surface area (Å²) in [4.78, 5) is 7.25. The first-order chi connectivity index (χ1) is 8.25. The Balaban J connectivity index is 1.97. The minimum Gasteiger partial charge on any atom is -0.345 e. The lowest BCUT2D eigenvalue weighted by molar-refractivity contribution is 0.363. The van der Waals surface area contributed by atoms with Gasteiger partial charge in [0, 0.05) is 12.6 Å². The lowest BCUT2D eigenvalue weighted by Gasteiger charge is -2.37. The Morgan fingerprint density at radius 1 is 1.29 bits per heavy atom. The first-order valence-corrected chi connectivity index (χ1v) is 7.19. The van der Waals surface area contributed by atoms with Crippen LogP contribution in [0.2, 0.25) is 0 Å². The van der Waals surface area contributed by atoms with E-state index in [9.17, 15) is 0 Å². The second kappa shape index (κ2) is 4.30. The molecule has 1 aliphatic rings. The summed E-state index contributed by atoms with van der Waals surface area (Å²) in [7, 11) is 0. The van der Waals surface area contributed by atoms with E-state index < -0.39 is 0 Å². The van der Waals surface area contributed by atoms with Gasteiger partial charge in [0.2, 0.25) is 0 Å². The van der Waals surface area contributed by atoms with Crippen LogP contribution >= 0.6 is 11.3 Å². The zero-order valence-corrected chi connectivity index (χ0v) is 11.2. The van der Waals surface area contributed by atoms with Gasteiger partial charge in [-0.15, -0.1) is 0 Å². The third-order valence-electron chi connectivity index (χ3n) is 3.90. The molecule has 1 fully saturated rings. The number of piperidine rings is 1. The summed E-state index contributed by atoms with van der Waals surface area (Å²) < 4.78 is 1.30. The molecule has 0 saturated carbocycles. The van der Waals surface area contributed by atoms with Gasteiger partial charge in [-0.05, 0) is 37.8 Å². The predicted molar refractivity (Wildman–Crippen MR) is 74.8 cm³/mol. The number of fused-ring (bicyclic) bond motifs is 1. The van der Waals surface area contributed by atoms with Gasteiger partial charge < -0.3 is 4.90 Å². The Morgan fingerprint density at radius 3 is 2.94 bits per heavy atom. The van der Waals surface area contributed by atoms with Gasteiger partial charge in [-0.25, -0.2) is 4.98 Å². The minimum atomic E-state index is 0.615. The molecular weight excluding hydrogens is 228 g/mol. The maximum atomic E-state index is 4.77. The molecule has 0 N–H and O–H groups in total. The molecule has 90 valence electrons. The van der Waals surface area contributed by atoms with E-state index in [1.54, 1.807) is 0 Å². The Kier molecular flexibility index (Phi) is 2.79. The van der Waals surface area contributed by atoms with Crippen molar-refractivity contribution < 1.29 is 0 Å². The van der Waals surface area contributed by atoms with Crippen LogP contribution in [0.25, 0.3) is 10.2 Å². The molecule has 1 aromatic carbocycles. The van der Waals surface area contributed by atoms with E-state index in [0.717, 1.165) is 18.0 Å². The number of para-hydroxylation sites is 1. The van der Waals surface area contributed by atoms with Gasteiger partial charge in [0.05, 0.1) is 10.2 Å². The molecule has 0 aliphatic carbocycles. The van der Waals surface area contributed by atoms with Gasteiger partial charge in [0.25, 0.3) is 0 Å². The summed E-state index contributed by atoms with van der Waals surface area (Å²) in [5.74, 6) is 0.774. The molecule has 1 saturated heterocycles. The molecule has 2 heterocycles. The maximum Gasteiger partial charge on any atom is 0.186 e. The first-order valence-electron chi connectivity index (χ1n) is 6.38. The smallest absolute Gasteiger partial charge is 0.186 e. The monoisotopic (exact) mass is 246 g/mol. The number of hydrogen-bond acceptors (Lipinski definition) is 3. The molecule has 1 aromatic heterocycles. The molecule has 0 radical (unpaired) electrons. The van der Waals surface area contributed by atoms with Crippen LogP contribution in [0.5, 0.6) is 0 Å². The van der Waals surface area contributed by atoms with E-state index in [-0.39, 0.29) is 0 Å². The van der Waals surface area contributed by atoms with Crippen LogP contribution in [0.1, 0.15) is 26.7 Å². The van der Waals surface area contributed by atoms with Crippen LogP contribution in [-0.2, 0) is 0 Å². The van der Waals surface area contributed by atoms with Crippen molar-refractivity contribution in [2.45, 2.75) is 32.7 Å². The third-order valence-corrected chi connectivity index (χ3v) is 4.98. The normalized spacial score (nSPS) is 25.4. The minimum absolute atomic E-state index is 0.615. The van der Waals surface area contributed by atoms with Crippen LogP contribution in [-0.4, -0.2) is 17.6 Å². The van der Waals surface area contributed by atoms with E-state index in [1.807, 2.05) is 11.3 Å². The summed E-state index contributed by atoms with van der Waals surface area (Å²) in [5, 5.41) is 1.20. The first kappa shape index (κ1) is 11.0. The van der Waals surface area contributed by atoms with E-state index >= 15 is 0 Å². The standard InChI is InChI=1S/C14H18N2S/c1-10-6-5-9-16(11(10)2)14-15-12-7-3-4-8-13(12)17-14/h3-4,7-8,10-11H,5-6,9H2,1-2H3/t10-,11-/m0/s1. The molecule has 0 bridgehead atoms. The molecule has 3 rings (SSSR count). The quantitative estimate of drug-likeness (QED) is 0.758. The van der Waals surface area contributed by atoms with Crippen LogP contribution in [0, 0.1) is 5.92 Å². The third kappa shape index (κ3) is 1.93. The highest BCUT2D eigenvalue weighted by molar-refractivity contribution is 7.22.